The fraction of sp³-hybridized carbons (Fsp3) is 0.350. The molecular weight excluding hydrogens is 348 g/mol. The molecule has 0 saturated heterocycles. The zero-order chi connectivity index (χ0) is 18.9. The van der Waals surface area contributed by atoms with E-state index in [0.717, 1.165) is 28.4 Å². The van der Waals surface area contributed by atoms with Gasteiger partial charge in [0.15, 0.2) is 9.84 Å². The molecule has 0 aliphatic rings. The number of sulfone groups is 1. The number of anilines is 1. The van der Waals surface area contributed by atoms with Crippen molar-refractivity contribution in [3.63, 3.8) is 0 Å². The van der Waals surface area contributed by atoms with Crippen molar-refractivity contribution >= 4 is 43.2 Å². The molecule has 26 heavy (non-hydrogen) atoms. The Balaban J connectivity index is 1.97. The van der Waals surface area contributed by atoms with Crippen LogP contribution in [0.4, 0.5) is 5.69 Å². The van der Waals surface area contributed by atoms with Gasteiger partial charge in [0, 0.05) is 34.0 Å². The Labute approximate surface area is 153 Å². The molecule has 0 spiro atoms. The van der Waals surface area contributed by atoms with Gasteiger partial charge in [-0.25, -0.2) is 8.42 Å². The van der Waals surface area contributed by atoms with E-state index in [2.05, 4.69) is 28.9 Å². The number of nitrogens with one attached hydrogen (secondary N) is 1. The number of carbonyl (C=O) groups excluding carboxylic acids is 1. The highest BCUT2D eigenvalue weighted by atomic mass is 32.2. The van der Waals surface area contributed by atoms with Crippen molar-refractivity contribution in [1.82, 2.24) is 4.57 Å². The van der Waals surface area contributed by atoms with Crippen LogP contribution in [0.1, 0.15) is 27.2 Å². The van der Waals surface area contributed by atoms with Crippen molar-refractivity contribution in [1.29, 1.82) is 0 Å². The number of hydrogen-bond acceptors (Lipinski definition) is 3. The number of fused-ring (bicyclic) bond motifs is 3. The minimum Gasteiger partial charge on any atom is -0.341 e. The van der Waals surface area contributed by atoms with Gasteiger partial charge in [-0.1, -0.05) is 25.1 Å². The molecule has 2 aromatic carbocycles. The average molecular weight is 372 g/mol. The van der Waals surface area contributed by atoms with Crippen LogP contribution in [0.15, 0.2) is 42.5 Å². The van der Waals surface area contributed by atoms with E-state index in [1.807, 2.05) is 30.3 Å². The normalized spacial score (nSPS) is 13.2. The number of aryl methyl sites for hydroxylation is 1. The van der Waals surface area contributed by atoms with Gasteiger partial charge in [0.1, 0.15) is 5.25 Å². The quantitative estimate of drug-likeness (QED) is 0.712. The predicted molar refractivity (Wildman–Crippen MR) is 107 cm³/mol. The summed E-state index contributed by atoms with van der Waals surface area (Å²) in [6, 6.07) is 13.9. The number of amides is 1. The van der Waals surface area contributed by atoms with Crippen LogP contribution in [-0.2, 0) is 21.2 Å². The zero-order valence-corrected chi connectivity index (χ0v) is 16.1. The van der Waals surface area contributed by atoms with Gasteiger partial charge in [-0.05, 0) is 44.5 Å². The van der Waals surface area contributed by atoms with Gasteiger partial charge < -0.3 is 9.88 Å². The van der Waals surface area contributed by atoms with Crippen LogP contribution in [0, 0.1) is 0 Å². The molecule has 3 aromatic rings. The molecule has 0 fully saturated rings. The number of carbonyl (C=O) groups is 1. The lowest BCUT2D eigenvalue weighted by atomic mass is 10.1. The van der Waals surface area contributed by atoms with Crippen molar-refractivity contribution in [2.75, 3.05) is 11.1 Å². The number of para-hydroxylation sites is 1. The van der Waals surface area contributed by atoms with E-state index in [1.54, 1.807) is 6.92 Å². The summed E-state index contributed by atoms with van der Waals surface area (Å²) in [6.45, 7) is 6.19. The molecule has 1 aromatic heterocycles. The van der Waals surface area contributed by atoms with Gasteiger partial charge in [0.25, 0.3) is 0 Å². The van der Waals surface area contributed by atoms with Crippen LogP contribution >= 0.6 is 0 Å². The van der Waals surface area contributed by atoms with Crippen LogP contribution in [-0.4, -0.2) is 29.9 Å². The van der Waals surface area contributed by atoms with Crippen LogP contribution in [0.3, 0.4) is 0 Å². The van der Waals surface area contributed by atoms with E-state index in [-0.39, 0.29) is 5.75 Å². The summed E-state index contributed by atoms with van der Waals surface area (Å²) in [7, 11) is -3.42. The first kappa shape index (κ1) is 18.5. The standard InChI is InChI=1S/C20H24N2O3S/c1-4-12-26(24,25)14(3)20(23)21-15-10-11-19-17(13-15)16-8-6-7-9-18(16)22(19)5-2/h6-11,13-14H,4-5,12H2,1-3H3,(H,21,23). The monoisotopic (exact) mass is 372 g/mol. The maximum Gasteiger partial charge on any atom is 0.242 e. The largest absolute Gasteiger partial charge is 0.341 e. The molecule has 3 rings (SSSR count). The first-order valence-corrected chi connectivity index (χ1v) is 10.6. The van der Waals surface area contributed by atoms with Gasteiger partial charge in [0.2, 0.25) is 5.91 Å². The topological polar surface area (TPSA) is 68.2 Å². The average Bonchev–Trinajstić information content (AvgIpc) is 2.94. The molecule has 1 amide bonds. The molecule has 1 atom stereocenters. The minimum atomic E-state index is -3.42. The molecular formula is C20H24N2O3S. The van der Waals surface area contributed by atoms with E-state index >= 15 is 0 Å². The minimum absolute atomic E-state index is 0.0185. The maximum absolute atomic E-state index is 12.4. The highest BCUT2D eigenvalue weighted by molar-refractivity contribution is 7.92. The molecule has 1 unspecified atom stereocenters. The molecule has 0 aliphatic carbocycles. The van der Waals surface area contributed by atoms with Gasteiger partial charge in [-0.2, -0.15) is 0 Å². The Morgan fingerprint density at radius 1 is 1.08 bits per heavy atom. The second kappa shape index (κ2) is 7.11. The lowest BCUT2D eigenvalue weighted by Crippen LogP contribution is -2.34. The van der Waals surface area contributed by atoms with Gasteiger partial charge in [0.05, 0.1) is 5.75 Å². The molecule has 138 valence electrons. The van der Waals surface area contributed by atoms with Crippen molar-refractivity contribution < 1.29 is 13.2 Å². The van der Waals surface area contributed by atoms with E-state index in [1.165, 1.54) is 6.92 Å². The van der Waals surface area contributed by atoms with Crippen LogP contribution in [0.25, 0.3) is 21.8 Å². The smallest absolute Gasteiger partial charge is 0.242 e. The third kappa shape index (κ3) is 3.21. The Morgan fingerprint density at radius 3 is 2.46 bits per heavy atom. The fourth-order valence-corrected chi connectivity index (χ4v) is 4.65. The third-order valence-electron chi connectivity index (χ3n) is 4.75. The van der Waals surface area contributed by atoms with Crippen LogP contribution in [0.5, 0.6) is 0 Å². The molecule has 0 aliphatic heterocycles. The summed E-state index contributed by atoms with van der Waals surface area (Å²) in [4.78, 5) is 12.4. The van der Waals surface area contributed by atoms with E-state index in [9.17, 15) is 13.2 Å². The molecule has 1 heterocycles. The van der Waals surface area contributed by atoms with Crippen molar-refractivity contribution in [3.05, 3.63) is 42.5 Å². The predicted octanol–water partition coefficient (Wildman–Crippen LogP) is 3.97. The summed E-state index contributed by atoms with van der Waals surface area (Å²) >= 11 is 0. The van der Waals surface area contributed by atoms with Crippen molar-refractivity contribution in [3.8, 4) is 0 Å². The second-order valence-corrected chi connectivity index (χ2v) is 8.93. The molecule has 0 saturated carbocycles. The first-order valence-electron chi connectivity index (χ1n) is 8.92. The Morgan fingerprint density at radius 2 is 1.77 bits per heavy atom. The van der Waals surface area contributed by atoms with Crippen LogP contribution < -0.4 is 5.32 Å². The number of rotatable bonds is 6. The Kier molecular flexibility index (Phi) is 5.05. The second-order valence-electron chi connectivity index (χ2n) is 6.49. The molecule has 0 radical (unpaired) electrons. The van der Waals surface area contributed by atoms with Gasteiger partial charge >= 0.3 is 0 Å². The van der Waals surface area contributed by atoms with E-state index in [4.69, 9.17) is 0 Å². The van der Waals surface area contributed by atoms with E-state index in [0.29, 0.717) is 12.1 Å². The van der Waals surface area contributed by atoms with Gasteiger partial charge in [-0.3, -0.25) is 4.79 Å². The summed E-state index contributed by atoms with van der Waals surface area (Å²) in [5.41, 5.74) is 2.85. The van der Waals surface area contributed by atoms with Gasteiger partial charge in [-0.15, -0.1) is 0 Å². The maximum atomic E-state index is 12.4. The number of hydrogen-bond donors (Lipinski definition) is 1. The number of nitrogens with zero attached hydrogens (tertiary/aromatic N) is 1. The van der Waals surface area contributed by atoms with Crippen molar-refractivity contribution in [2.24, 2.45) is 0 Å². The summed E-state index contributed by atoms with van der Waals surface area (Å²) in [5, 5.41) is 3.87. The van der Waals surface area contributed by atoms with Crippen molar-refractivity contribution in [2.45, 2.75) is 39.0 Å². The summed E-state index contributed by atoms with van der Waals surface area (Å²) < 4.78 is 26.5. The Bertz CT molecular complexity index is 1070. The molecule has 1 N–H and O–H groups in total. The lowest BCUT2D eigenvalue weighted by Gasteiger charge is -2.13. The lowest BCUT2D eigenvalue weighted by molar-refractivity contribution is -0.115. The number of benzene rings is 2. The SMILES string of the molecule is CCCS(=O)(=O)C(C)C(=O)Nc1ccc2c(c1)c1ccccc1n2CC. The highest BCUT2D eigenvalue weighted by Gasteiger charge is 2.27. The highest BCUT2D eigenvalue weighted by Crippen LogP contribution is 2.31. The fourth-order valence-electron chi connectivity index (χ4n) is 3.34. The molecule has 5 nitrogen and oxygen atoms in total. The van der Waals surface area contributed by atoms with E-state index < -0.39 is 21.0 Å². The molecule has 0 bridgehead atoms. The first-order chi connectivity index (χ1) is 12.4. The Hall–Kier alpha value is -2.34. The third-order valence-corrected chi connectivity index (χ3v) is 7.02. The summed E-state index contributed by atoms with van der Waals surface area (Å²) in [6.07, 6.45) is 0.502. The number of aromatic nitrogens is 1. The van der Waals surface area contributed by atoms with Crippen LogP contribution in [0.2, 0.25) is 0 Å². The zero-order valence-electron chi connectivity index (χ0n) is 15.3. The summed E-state index contributed by atoms with van der Waals surface area (Å²) in [5.74, 6) is -0.470. The molecule has 6 heteroatoms.